The lowest BCUT2D eigenvalue weighted by Gasteiger charge is -2.02. The van der Waals surface area contributed by atoms with Gasteiger partial charge in [-0.25, -0.2) is 14.3 Å². The zero-order chi connectivity index (χ0) is 18.1. The normalized spacial score (nSPS) is 10.8. The van der Waals surface area contributed by atoms with Crippen LogP contribution in [0.2, 0.25) is 0 Å². The number of rotatable bonds is 3. The molecule has 6 nitrogen and oxygen atoms in total. The number of hydrogen-bond donors (Lipinski definition) is 0. The smallest absolute Gasteiger partial charge is 0.345 e. The van der Waals surface area contributed by atoms with Crippen LogP contribution < -0.4 is 5.63 Å². The number of fused-ring (bicyclic) bond motifs is 1. The van der Waals surface area contributed by atoms with Crippen LogP contribution in [0, 0.1) is 0 Å². The van der Waals surface area contributed by atoms with Crippen LogP contribution in [-0.4, -0.2) is 22.9 Å². The number of carbonyl (C=O) groups is 1. The molecule has 0 N–H and O–H groups in total. The molecule has 0 spiro atoms. The first-order valence-corrected chi connectivity index (χ1v) is 7.94. The zero-order valence-electron chi connectivity index (χ0n) is 13.9. The van der Waals surface area contributed by atoms with E-state index in [2.05, 4.69) is 5.10 Å². The highest BCUT2D eigenvalue weighted by atomic mass is 16.5. The molecule has 0 aliphatic heterocycles. The van der Waals surface area contributed by atoms with E-state index < -0.39 is 11.6 Å². The standard InChI is InChI=1S/C20H14N2O4/c1-25-19(23)16-12-22(14-8-3-2-4-9-14)21-18(16)15-11-13-7-5-6-10-17(13)26-20(15)24/h2-12H,1H3. The van der Waals surface area contributed by atoms with E-state index in [-0.39, 0.29) is 16.8 Å². The van der Waals surface area contributed by atoms with Gasteiger partial charge in [-0.2, -0.15) is 5.10 Å². The lowest BCUT2D eigenvalue weighted by Crippen LogP contribution is -2.07. The average Bonchev–Trinajstić information content (AvgIpc) is 3.12. The van der Waals surface area contributed by atoms with Crippen LogP contribution in [0.15, 0.2) is 76.1 Å². The van der Waals surface area contributed by atoms with E-state index in [1.807, 2.05) is 42.5 Å². The van der Waals surface area contributed by atoms with Gasteiger partial charge in [-0.3, -0.25) is 0 Å². The SMILES string of the molecule is COC(=O)c1cn(-c2ccccc2)nc1-c1cc2ccccc2oc1=O. The molecule has 0 bridgehead atoms. The Morgan fingerprint density at radius 1 is 1.08 bits per heavy atom. The molecule has 128 valence electrons. The van der Waals surface area contributed by atoms with Crippen molar-refractivity contribution < 1.29 is 13.9 Å². The lowest BCUT2D eigenvalue weighted by atomic mass is 10.1. The number of esters is 1. The molecule has 0 aliphatic carbocycles. The Morgan fingerprint density at radius 3 is 2.58 bits per heavy atom. The molecular formula is C20H14N2O4. The van der Waals surface area contributed by atoms with Crippen molar-refractivity contribution in [2.45, 2.75) is 0 Å². The van der Waals surface area contributed by atoms with Crippen LogP contribution >= 0.6 is 0 Å². The quantitative estimate of drug-likeness (QED) is 0.420. The summed E-state index contributed by atoms with van der Waals surface area (Å²) in [5.74, 6) is -0.574. The molecule has 0 unspecified atom stereocenters. The fourth-order valence-corrected chi connectivity index (χ4v) is 2.77. The summed E-state index contributed by atoms with van der Waals surface area (Å²) in [4.78, 5) is 24.7. The monoisotopic (exact) mass is 346 g/mol. The van der Waals surface area contributed by atoms with Crippen LogP contribution in [0.1, 0.15) is 10.4 Å². The second-order valence-corrected chi connectivity index (χ2v) is 5.65. The summed E-state index contributed by atoms with van der Waals surface area (Å²) < 4.78 is 11.8. The molecule has 4 rings (SSSR count). The van der Waals surface area contributed by atoms with Gasteiger partial charge < -0.3 is 9.15 Å². The highest BCUT2D eigenvalue weighted by Crippen LogP contribution is 2.25. The van der Waals surface area contributed by atoms with Gasteiger partial charge in [-0.1, -0.05) is 36.4 Å². The Bertz CT molecular complexity index is 1160. The summed E-state index contributed by atoms with van der Waals surface area (Å²) in [7, 11) is 1.29. The number of methoxy groups -OCH3 is 1. The number of hydrogen-bond acceptors (Lipinski definition) is 5. The predicted molar refractivity (Wildman–Crippen MR) is 96.4 cm³/mol. The van der Waals surface area contributed by atoms with E-state index in [9.17, 15) is 9.59 Å². The highest BCUT2D eigenvalue weighted by Gasteiger charge is 2.22. The first kappa shape index (κ1) is 15.8. The van der Waals surface area contributed by atoms with E-state index in [1.165, 1.54) is 11.8 Å². The third kappa shape index (κ3) is 2.67. The maximum absolute atomic E-state index is 12.5. The first-order chi connectivity index (χ1) is 12.7. The Labute approximate surface area is 148 Å². The van der Waals surface area contributed by atoms with Crippen LogP contribution in [0.25, 0.3) is 27.9 Å². The van der Waals surface area contributed by atoms with E-state index in [1.54, 1.807) is 24.4 Å². The van der Waals surface area contributed by atoms with Crippen LogP contribution in [-0.2, 0) is 4.74 Å². The van der Waals surface area contributed by atoms with Gasteiger partial charge in [-0.15, -0.1) is 0 Å². The Hall–Kier alpha value is -3.67. The second kappa shape index (κ2) is 6.33. The minimum atomic E-state index is -0.574. The summed E-state index contributed by atoms with van der Waals surface area (Å²) in [5.41, 5.74) is 1.29. The number of nitrogens with zero attached hydrogens (tertiary/aromatic N) is 2. The van der Waals surface area contributed by atoms with E-state index >= 15 is 0 Å². The van der Waals surface area contributed by atoms with Gasteiger partial charge in [0, 0.05) is 11.6 Å². The minimum absolute atomic E-state index is 0.193. The number of carbonyl (C=O) groups excluding carboxylic acids is 1. The van der Waals surface area contributed by atoms with Gasteiger partial charge in [0.2, 0.25) is 0 Å². The van der Waals surface area contributed by atoms with Crippen molar-refractivity contribution in [2.24, 2.45) is 0 Å². The molecule has 0 aliphatic rings. The minimum Gasteiger partial charge on any atom is -0.465 e. The van der Waals surface area contributed by atoms with Crippen molar-refractivity contribution in [2.75, 3.05) is 7.11 Å². The third-order valence-corrected chi connectivity index (χ3v) is 4.04. The third-order valence-electron chi connectivity index (χ3n) is 4.04. The molecule has 0 saturated heterocycles. The van der Waals surface area contributed by atoms with Crippen molar-refractivity contribution in [3.05, 3.63) is 82.8 Å². The van der Waals surface area contributed by atoms with Gasteiger partial charge in [0.15, 0.2) is 0 Å². The van der Waals surface area contributed by atoms with Gasteiger partial charge in [0.1, 0.15) is 16.8 Å². The molecule has 26 heavy (non-hydrogen) atoms. The van der Waals surface area contributed by atoms with Crippen molar-refractivity contribution in [1.82, 2.24) is 9.78 Å². The van der Waals surface area contributed by atoms with Gasteiger partial charge in [-0.05, 0) is 24.3 Å². The van der Waals surface area contributed by atoms with Crippen LogP contribution in [0.4, 0.5) is 0 Å². The number of aromatic nitrogens is 2. The number of ether oxygens (including phenoxy) is 1. The first-order valence-electron chi connectivity index (χ1n) is 7.94. The molecule has 2 aromatic carbocycles. The Morgan fingerprint density at radius 2 is 1.81 bits per heavy atom. The second-order valence-electron chi connectivity index (χ2n) is 5.65. The molecule has 4 aromatic rings. The molecule has 0 atom stereocenters. The molecule has 0 saturated carbocycles. The summed E-state index contributed by atoms with van der Waals surface area (Å²) >= 11 is 0. The number of benzene rings is 2. The topological polar surface area (TPSA) is 74.3 Å². The van der Waals surface area contributed by atoms with E-state index in [0.29, 0.717) is 5.58 Å². The molecule has 0 fully saturated rings. The zero-order valence-corrected chi connectivity index (χ0v) is 13.9. The fraction of sp³-hybridized carbons (Fsp3) is 0.0500. The van der Waals surface area contributed by atoms with Crippen molar-refractivity contribution in [1.29, 1.82) is 0 Å². The average molecular weight is 346 g/mol. The Balaban J connectivity index is 1.96. The Kier molecular flexibility index (Phi) is 3.85. The van der Waals surface area contributed by atoms with Crippen molar-refractivity contribution in [3.8, 4) is 16.9 Å². The summed E-state index contributed by atoms with van der Waals surface area (Å²) in [6.45, 7) is 0. The van der Waals surface area contributed by atoms with Crippen molar-refractivity contribution in [3.63, 3.8) is 0 Å². The number of para-hydroxylation sites is 2. The maximum atomic E-state index is 12.5. The molecule has 2 heterocycles. The highest BCUT2D eigenvalue weighted by molar-refractivity contribution is 5.96. The molecular weight excluding hydrogens is 332 g/mol. The van der Waals surface area contributed by atoms with Gasteiger partial charge in [0.05, 0.1) is 18.4 Å². The van der Waals surface area contributed by atoms with E-state index in [4.69, 9.17) is 9.15 Å². The molecule has 0 radical (unpaired) electrons. The molecule has 2 aromatic heterocycles. The molecule has 6 heteroatoms. The van der Waals surface area contributed by atoms with Crippen LogP contribution in [0.5, 0.6) is 0 Å². The van der Waals surface area contributed by atoms with Crippen LogP contribution in [0.3, 0.4) is 0 Å². The largest absolute Gasteiger partial charge is 0.465 e. The summed E-state index contributed by atoms with van der Waals surface area (Å²) in [6, 6.07) is 18.1. The fourth-order valence-electron chi connectivity index (χ4n) is 2.77. The predicted octanol–water partition coefficient (Wildman–Crippen LogP) is 3.43. The van der Waals surface area contributed by atoms with Crippen molar-refractivity contribution >= 4 is 16.9 Å². The lowest BCUT2D eigenvalue weighted by molar-refractivity contribution is 0.0601. The maximum Gasteiger partial charge on any atom is 0.345 e. The van der Waals surface area contributed by atoms with Gasteiger partial charge >= 0.3 is 11.6 Å². The molecule has 0 amide bonds. The summed E-state index contributed by atoms with van der Waals surface area (Å²) in [6.07, 6.45) is 1.55. The van der Waals surface area contributed by atoms with E-state index in [0.717, 1.165) is 11.1 Å². The van der Waals surface area contributed by atoms with Gasteiger partial charge in [0.25, 0.3) is 0 Å². The summed E-state index contributed by atoms with van der Waals surface area (Å²) in [5, 5.41) is 5.19.